The molecule has 0 aliphatic carbocycles. The van der Waals surface area contributed by atoms with E-state index in [2.05, 4.69) is 0 Å². The molecule has 1 rings (SSSR count). The van der Waals surface area contributed by atoms with Gasteiger partial charge in [0.1, 0.15) is 0 Å². The van der Waals surface area contributed by atoms with E-state index >= 15 is 0 Å². The van der Waals surface area contributed by atoms with Crippen molar-refractivity contribution in [1.82, 2.24) is 4.90 Å². The van der Waals surface area contributed by atoms with Crippen molar-refractivity contribution in [3.63, 3.8) is 0 Å². The number of carbonyl (C=O) groups excluding carboxylic acids is 1. The second kappa shape index (κ2) is 6.63. The zero-order valence-electron chi connectivity index (χ0n) is 9.15. The molecule has 0 aromatic heterocycles. The predicted octanol–water partition coefficient (Wildman–Crippen LogP) is 0.616. The highest BCUT2D eigenvalue weighted by atomic mass is 16.6. The molecule has 0 unspecified atom stereocenters. The van der Waals surface area contributed by atoms with Crippen molar-refractivity contribution < 1.29 is 19.4 Å². The van der Waals surface area contributed by atoms with E-state index in [1.54, 1.807) is 11.8 Å². The molecule has 1 saturated heterocycles. The molecule has 1 fully saturated rings. The Morgan fingerprint density at radius 3 is 2.67 bits per heavy atom. The molecule has 88 valence electrons. The first kappa shape index (κ1) is 12.3. The van der Waals surface area contributed by atoms with Gasteiger partial charge in [-0.1, -0.05) is 0 Å². The maximum absolute atomic E-state index is 11.3. The van der Waals surface area contributed by atoms with Gasteiger partial charge >= 0.3 is 6.09 Å². The summed E-state index contributed by atoms with van der Waals surface area (Å²) in [6.45, 7) is 4.00. The Bertz CT molecular complexity index is 190. The Kier molecular flexibility index (Phi) is 5.42. The molecule has 1 heterocycles. The molecule has 15 heavy (non-hydrogen) atoms. The summed E-state index contributed by atoms with van der Waals surface area (Å²) < 4.78 is 10.3. The lowest BCUT2D eigenvalue weighted by molar-refractivity contribution is -0.00772. The first-order valence-corrected chi connectivity index (χ1v) is 5.42. The smallest absolute Gasteiger partial charge is 0.409 e. The summed E-state index contributed by atoms with van der Waals surface area (Å²) in [5.41, 5.74) is 0. The normalized spacial score (nSPS) is 17.9. The van der Waals surface area contributed by atoms with Crippen molar-refractivity contribution in [2.75, 3.05) is 32.9 Å². The highest BCUT2D eigenvalue weighted by Gasteiger charge is 2.23. The number of aliphatic hydroxyl groups excluding tert-OH is 1. The van der Waals surface area contributed by atoms with Gasteiger partial charge in [0, 0.05) is 13.1 Å². The average molecular weight is 217 g/mol. The molecule has 1 aliphatic heterocycles. The van der Waals surface area contributed by atoms with Crippen LogP contribution < -0.4 is 0 Å². The highest BCUT2D eigenvalue weighted by molar-refractivity contribution is 5.67. The average Bonchev–Trinajstić information content (AvgIpc) is 2.27. The van der Waals surface area contributed by atoms with Crippen LogP contribution >= 0.6 is 0 Å². The third-order valence-corrected chi connectivity index (χ3v) is 2.41. The van der Waals surface area contributed by atoms with E-state index in [1.165, 1.54) is 0 Å². The summed E-state index contributed by atoms with van der Waals surface area (Å²) in [6, 6.07) is 0. The van der Waals surface area contributed by atoms with Crippen molar-refractivity contribution in [1.29, 1.82) is 0 Å². The van der Waals surface area contributed by atoms with Crippen molar-refractivity contribution in [2.45, 2.75) is 25.9 Å². The SMILES string of the molecule is CCOC(=O)N1CCC(OCCO)CC1. The first-order valence-electron chi connectivity index (χ1n) is 5.42. The van der Waals surface area contributed by atoms with Gasteiger partial charge < -0.3 is 19.5 Å². The fourth-order valence-corrected chi connectivity index (χ4v) is 1.64. The number of likely N-dealkylation sites (tertiary alicyclic amines) is 1. The topological polar surface area (TPSA) is 59.0 Å². The zero-order valence-corrected chi connectivity index (χ0v) is 9.15. The lowest BCUT2D eigenvalue weighted by atomic mass is 10.1. The summed E-state index contributed by atoms with van der Waals surface area (Å²) in [7, 11) is 0. The summed E-state index contributed by atoms with van der Waals surface area (Å²) in [5.74, 6) is 0. The van der Waals surface area contributed by atoms with E-state index in [0.29, 0.717) is 26.3 Å². The van der Waals surface area contributed by atoms with Gasteiger partial charge in [-0.25, -0.2) is 4.79 Å². The number of piperidine rings is 1. The fraction of sp³-hybridized carbons (Fsp3) is 0.900. The van der Waals surface area contributed by atoms with Crippen molar-refractivity contribution in [3.8, 4) is 0 Å². The Balaban J connectivity index is 2.20. The second-order valence-corrected chi connectivity index (χ2v) is 3.48. The lowest BCUT2D eigenvalue weighted by Gasteiger charge is -2.30. The largest absolute Gasteiger partial charge is 0.450 e. The molecule has 1 amide bonds. The van der Waals surface area contributed by atoms with Crippen LogP contribution in [0.3, 0.4) is 0 Å². The first-order chi connectivity index (χ1) is 7.27. The third-order valence-electron chi connectivity index (χ3n) is 2.41. The van der Waals surface area contributed by atoms with Gasteiger partial charge in [0.05, 0.1) is 25.9 Å². The maximum atomic E-state index is 11.3. The molecule has 0 radical (unpaired) electrons. The van der Waals surface area contributed by atoms with Gasteiger partial charge in [0.2, 0.25) is 0 Å². The number of nitrogens with zero attached hydrogens (tertiary/aromatic N) is 1. The van der Waals surface area contributed by atoms with E-state index < -0.39 is 0 Å². The number of hydrogen-bond donors (Lipinski definition) is 1. The molecular formula is C10H19NO4. The number of rotatable bonds is 4. The van der Waals surface area contributed by atoms with Crippen LogP contribution in [0.5, 0.6) is 0 Å². The van der Waals surface area contributed by atoms with Crippen LogP contribution in [0.4, 0.5) is 4.79 Å². The molecule has 0 bridgehead atoms. The van der Waals surface area contributed by atoms with E-state index in [9.17, 15) is 4.79 Å². The fourth-order valence-electron chi connectivity index (χ4n) is 1.64. The zero-order chi connectivity index (χ0) is 11.1. The standard InChI is InChI=1S/C10H19NO4/c1-2-14-10(13)11-5-3-9(4-6-11)15-8-7-12/h9,12H,2-8H2,1H3. The van der Waals surface area contributed by atoms with Gasteiger partial charge in [-0.3, -0.25) is 0 Å². The highest BCUT2D eigenvalue weighted by Crippen LogP contribution is 2.14. The van der Waals surface area contributed by atoms with Gasteiger partial charge in [0.15, 0.2) is 0 Å². The number of hydrogen-bond acceptors (Lipinski definition) is 4. The van der Waals surface area contributed by atoms with Gasteiger partial charge in [0.25, 0.3) is 0 Å². The molecule has 0 atom stereocenters. The minimum Gasteiger partial charge on any atom is -0.450 e. The van der Waals surface area contributed by atoms with Crippen LogP contribution in [0.15, 0.2) is 0 Å². The number of ether oxygens (including phenoxy) is 2. The summed E-state index contributed by atoms with van der Waals surface area (Å²) in [4.78, 5) is 13.0. The number of carbonyl (C=O) groups is 1. The molecule has 0 aromatic rings. The lowest BCUT2D eigenvalue weighted by Crippen LogP contribution is -2.41. The number of aliphatic hydroxyl groups is 1. The summed E-state index contributed by atoms with van der Waals surface area (Å²) >= 11 is 0. The monoisotopic (exact) mass is 217 g/mol. The van der Waals surface area contributed by atoms with Crippen LogP contribution in [0.2, 0.25) is 0 Å². The number of amides is 1. The van der Waals surface area contributed by atoms with Crippen molar-refractivity contribution in [2.24, 2.45) is 0 Å². The van der Waals surface area contributed by atoms with Crippen LogP contribution in [-0.2, 0) is 9.47 Å². The molecule has 1 aliphatic rings. The van der Waals surface area contributed by atoms with Gasteiger partial charge in [-0.2, -0.15) is 0 Å². The molecule has 5 heteroatoms. The molecule has 0 saturated carbocycles. The minimum absolute atomic E-state index is 0.0537. The molecule has 1 N–H and O–H groups in total. The quantitative estimate of drug-likeness (QED) is 0.749. The second-order valence-electron chi connectivity index (χ2n) is 3.48. The predicted molar refractivity (Wildman–Crippen MR) is 54.7 cm³/mol. The Labute approximate surface area is 90.0 Å². The van der Waals surface area contributed by atoms with E-state index in [4.69, 9.17) is 14.6 Å². The third kappa shape index (κ3) is 4.05. The van der Waals surface area contributed by atoms with Crippen LogP contribution in [0.25, 0.3) is 0 Å². The maximum Gasteiger partial charge on any atom is 0.409 e. The summed E-state index contributed by atoms with van der Waals surface area (Å²) in [6.07, 6.45) is 1.57. The Morgan fingerprint density at radius 1 is 1.47 bits per heavy atom. The van der Waals surface area contributed by atoms with E-state index in [0.717, 1.165) is 12.8 Å². The summed E-state index contributed by atoms with van der Waals surface area (Å²) in [5, 5.41) is 8.60. The van der Waals surface area contributed by atoms with Crippen LogP contribution in [-0.4, -0.2) is 55.1 Å². The van der Waals surface area contributed by atoms with Gasteiger partial charge in [-0.15, -0.1) is 0 Å². The van der Waals surface area contributed by atoms with E-state index in [-0.39, 0.29) is 18.8 Å². The van der Waals surface area contributed by atoms with Gasteiger partial charge in [-0.05, 0) is 19.8 Å². The van der Waals surface area contributed by atoms with Crippen molar-refractivity contribution in [3.05, 3.63) is 0 Å². The van der Waals surface area contributed by atoms with Crippen LogP contribution in [0.1, 0.15) is 19.8 Å². The van der Waals surface area contributed by atoms with Crippen LogP contribution in [0, 0.1) is 0 Å². The minimum atomic E-state index is -0.238. The molecule has 0 spiro atoms. The molecular weight excluding hydrogens is 198 g/mol. The Morgan fingerprint density at radius 2 is 2.13 bits per heavy atom. The van der Waals surface area contributed by atoms with Crippen molar-refractivity contribution >= 4 is 6.09 Å². The van der Waals surface area contributed by atoms with E-state index in [1.807, 2.05) is 0 Å². The molecule has 0 aromatic carbocycles. The Hall–Kier alpha value is -0.810. The molecule has 5 nitrogen and oxygen atoms in total.